The van der Waals surface area contributed by atoms with Crippen LogP contribution < -0.4 is 15.1 Å². The molecule has 2 aliphatic heterocycles. The van der Waals surface area contributed by atoms with E-state index in [0.29, 0.717) is 22.5 Å². The summed E-state index contributed by atoms with van der Waals surface area (Å²) in [4.78, 5) is 14.6. The Morgan fingerprint density at radius 1 is 1.00 bits per heavy atom. The van der Waals surface area contributed by atoms with E-state index < -0.39 is 11.9 Å². The minimum Gasteiger partial charge on any atom is -0.497 e. The van der Waals surface area contributed by atoms with Crippen LogP contribution in [0, 0.1) is 0 Å². The molecule has 154 valence electrons. The predicted octanol–water partition coefficient (Wildman–Crippen LogP) is 3.42. The van der Waals surface area contributed by atoms with Gasteiger partial charge in [0, 0.05) is 29.9 Å². The molecular formula is C23H21NO6. The quantitative estimate of drug-likeness (QED) is 0.485. The van der Waals surface area contributed by atoms with Crippen LogP contribution in [0.1, 0.15) is 0 Å². The zero-order chi connectivity index (χ0) is 20.5. The lowest BCUT2D eigenvalue weighted by atomic mass is 10.1. The number of ether oxygens (including phenoxy) is 4. The van der Waals surface area contributed by atoms with Gasteiger partial charge in [-0.05, 0) is 42.5 Å². The van der Waals surface area contributed by atoms with Crippen molar-refractivity contribution in [2.75, 3.05) is 33.4 Å². The lowest BCUT2D eigenvalue weighted by Crippen LogP contribution is -2.36. The standard InChI is InChI=1S/C23H21NO6/c1-26-16-3-5-18-19-6-4-17(13-21(19)30-23(25)20(18)12-16)29-22-7-2-15(14-28-22)24-8-10-27-11-9-24/h2-7,12-14,22H,8-11H2,1H3. The number of morpholine rings is 1. The normalized spacial score (nSPS) is 18.9. The number of hydrogen-bond donors (Lipinski definition) is 0. The van der Waals surface area contributed by atoms with Gasteiger partial charge in [-0.15, -0.1) is 0 Å². The summed E-state index contributed by atoms with van der Waals surface area (Å²) in [5, 5.41) is 2.12. The Morgan fingerprint density at radius 3 is 2.57 bits per heavy atom. The lowest BCUT2D eigenvalue weighted by molar-refractivity contribution is -0.0000935. The molecule has 3 aromatic rings. The molecule has 1 atom stereocenters. The molecule has 30 heavy (non-hydrogen) atoms. The van der Waals surface area contributed by atoms with Gasteiger partial charge < -0.3 is 28.3 Å². The maximum atomic E-state index is 12.4. The highest BCUT2D eigenvalue weighted by atomic mass is 16.7. The van der Waals surface area contributed by atoms with E-state index in [1.165, 1.54) is 0 Å². The zero-order valence-corrected chi connectivity index (χ0v) is 16.5. The molecule has 0 bridgehead atoms. The maximum Gasteiger partial charge on any atom is 0.344 e. The molecule has 1 aromatic heterocycles. The third kappa shape index (κ3) is 3.48. The molecule has 7 heteroatoms. The van der Waals surface area contributed by atoms with Crippen molar-refractivity contribution in [3.63, 3.8) is 0 Å². The van der Waals surface area contributed by atoms with Crippen LogP contribution >= 0.6 is 0 Å². The molecule has 1 unspecified atom stereocenters. The SMILES string of the molecule is COc1ccc2c(c1)c(=O)oc1cc(OC3C=CC(N4CCOCC4)=CO3)ccc12. The molecule has 0 N–H and O–H groups in total. The summed E-state index contributed by atoms with van der Waals surface area (Å²) < 4.78 is 27.7. The zero-order valence-electron chi connectivity index (χ0n) is 16.5. The summed E-state index contributed by atoms with van der Waals surface area (Å²) in [6.07, 6.45) is 5.00. The number of rotatable bonds is 4. The fourth-order valence-corrected chi connectivity index (χ4v) is 3.69. The van der Waals surface area contributed by atoms with Gasteiger partial charge in [0.2, 0.25) is 0 Å². The van der Waals surface area contributed by atoms with E-state index in [-0.39, 0.29) is 0 Å². The number of nitrogens with zero attached hydrogens (tertiary/aromatic N) is 1. The number of methoxy groups -OCH3 is 1. The van der Waals surface area contributed by atoms with Crippen molar-refractivity contribution in [1.29, 1.82) is 0 Å². The Hall–Kier alpha value is -3.45. The molecule has 0 radical (unpaired) electrons. The first-order valence-electron chi connectivity index (χ1n) is 9.79. The fourth-order valence-electron chi connectivity index (χ4n) is 3.69. The second-order valence-electron chi connectivity index (χ2n) is 7.08. The Balaban J connectivity index is 1.37. The summed E-state index contributed by atoms with van der Waals surface area (Å²) in [6, 6.07) is 10.8. The highest BCUT2D eigenvalue weighted by Gasteiger charge is 2.18. The fraction of sp³-hybridized carbons (Fsp3) is 0.261. The second kappa shape index (κ2) is 7.76. The van der Waals surface area contributed by atoms with Crippen molar-refractivity contribution in [2.24, 2.45) is 0 Å². The average molecular weight is 407 g/mol. The van der Waals surface area contributed by atoms with Gasteiger partial charge in [0.15, 0.2) is 0 Å². The van der Waals surface area contributed by atoms with E-state index in [9.17, 15) is 4.79 Å². The Labute approximate surface area is 172 Å². The summed E-state index contributed by atoms with van der Waals surface area (Å²) in [6.45, 7) is 3.12. The van der Waals surface area contributed by atoms with Gasteiger partial charge in [0.05, 0.1) is 31.4 Å². The van der Waals surface area contributed by atoms with E-state index >= 15 is 0 Å². The summed E-state index contributed by atoms with van der Waals surface area (Å²) in [5.41, 5.74) is 1.05. The molecule has 7 nitrogen and oxygen atoms in total. The summed E-state index contributed by atoms with van der Waals surface area (Å²) in [7, 11) is 1.56. The number of fused-ring (bicyclic) bond motifs is 3. The lowest BCUT2D eigenvalue weighted by Gasteiger charge is -2.31. The second-order valence-corrected chi connectivity index (χ2v) is 7.08. The molecule has 5 rings (SSSR count). The third-order valence-corrected chi connectivity index (χ3v) is 5.27. The molecule has 2 aliphatic rings. The number of benzene rings is 2. The van der Waals surface area contributed by atoms with Crippen molar-refractivity contribution >= 4 is 21.7 Å². The van der Waals surface area contributed by atoms with Crippen LogP contribution in [0.3, 0.4) is 0 Å². The van der Waals surface area contributed by atoms with Crippen LogP contribution in [0.5, 0.6) is 11.5 Å². The van der Waals surface area contributed by atoms with Crippen molar-refractivity contribution in [2.45, 2.75) is 6.29 Å². The largest absolute Gasteiger partial charge is 0.497 e. The van der Waals surface area contributed by atoms with Crippen LogP contribution in [0.4, 0.5) is 0 Å². The Kier molecular flexibility index (Phi) is 4.80. The molecular weight excluding hydrogens is 386 g/mol. The monoisotopic (exact) mass is 407 g/mol. The molecule has 1 saturated heterocycles. The van der Waals surface area contributed by atoms with Gasteiger partial charge in [-0.2, -0.15) is 0 Å². The number of hydrogen-bond acceptors (Lipinski definition) is 7. The van der Waals surface area contributed by atoms with Crippen LogP contribution in [0.25, 0.3) is 21.7 Å². The highest BCUT2D eigenvalue weighted by Crippen LogP contribution is 2.29. The van der Waals surface area contributed by atoms with Gasteiger partial charge in [-0.25, -0.2) is 4.79 Å². The van der Waals surface area contributed by atoms with E-state index in [0.717, 1.165) is 42.8 Å². The molecule has 1 fully saturated rings. The van der Waals surface area contributed by atoms with Gasteiger partial charge in [-0.1, -0.05) is 0 Å². The molecule has 0 spiro atoms. The topological polar surface area (TPSA) is 70.4 Å². The minimum absolute atomic E-state index is 0.416. The molecule has 0 amide bonds. The van der Waals surface area contributed by atoms with E-state index in [1.54, 1.807) is 25.5 Å². The molecule has 3 heterocycles. The van der Waals surface area contributed by atoms with Crippen molar-refractivity contribution in [1.82, 2.24) is 4.90 Å². The van der Waals surface area contributed by atoms with Gasteiger partial charge in [0.1, 0.15) is 23.3 Å². The highest BCUT2D eigenvalue weighted by molar-refractivity contribution is 6.04. The molecule has 2 aromatic carbocycles. The van der Waals surface area contributed by atoms with E-state index in [1.807, 2.05) is 36.4 Å². The van der Waals surface area contributed by atoms with Crippen LogP contribution in [-0.4, -0.2) is 44.6 Å². The Morgan fingerprint density at radius 2 is 1.80 bits per heavy atom. The number of allylic oxidation sites excluding steroid dienone is 1. The maximum absolute atomic E-state index is 12.4. The smallest absolute Gasteiger partial charge is 0.344 e. The van der Waals surface area contributed by atoms with Crippen LogP contribution in [0.2, 0.25) is 0 Å². The minimum atomic E-state index is -0.552. The first kappa shape index (κ1) is 18.6. The van der Waals surface area contributed by atoms with E-state index in [4.69, 9.17) is 23.4 Å². The average Bonchev–Trinajstić information content (AvgIpc) is 2.80. The van der Waals surface area contributed by atoms with Crippen LogP contribution in [-0.2, 0) is 9.47 Å². The van der Waals surface area contributed by atoms with E-state index in [2.05, 4.69) is 4.90 Å². The van der Waals surface area contributed by atoms with Crippen LogP contribution in [0.15, 0.2) is 69.7 Å². The third-order valence-electron chi connectivity index (χ3n) is 5.27. The summed E-state index contributed by atoms with van der Waals surface area (Å²) in [5.74, 6) is 1.16. The molecule has 0 aliphatic carbocycles. The Bertz CT molecular complexity index is 1210. The van der Waals surface area contributed by atoms with Gasteiger partial charge >= 0.3 is 5.63 Å². The first-order chi connectivity index (χ1) is 14.7. The van der Waals surface area contributed by atoms with Crippen molar-refractivity contribution in [3.8, 4) is 11.5 Å². The van der Waals surface area contributed by atoms with Gasteiger partial charge in [0.25, 0.3) is 6.29 Å². The molecule has 0 saturated carbocycles. The summed E-state index contributed by atoms with van der Waals surface area (Å²) >= 11 is 0. The van der Waals surface area contributed by atoms with Gasteiger partial charge in [-0.3, -0.25) is 0 Å². The predicted molar refractivity (Wildman–Crippen MR) is 112 cm³/mol. The first-order valence-corrected chi connectivity index (χ1v) is 9.79. The van der Waals surface area contributed by atoms with Crippen molar-refractivity contribution in [3.05, 3.63) is 70.9 Å². The van der Waals surface area contributed by atoms with Crippen molar-refractivity contribution < 1.29 is 23.4 Å².